The van der Waals surface area contributed by atoms with E-state index in [1.54, 1.807) is 0 Å². The van der Waals surface area contributed by atoms with E-state index < -0.39 is 0 Å². The molecular weight excluding hydrogens is 308 g/mol. The molecule has 0 unspecified atom stereocenters. The summed E-state index contributed by atoms with van der Waals surface area (Å²) in [7, 11) is 1.41. The Bertz CT molecular complexity index is 862. The predicted octanol–water partition coefficient (Wildman–Crippen LogP) is 5.24. The van der Waals surface area contributed by atoms with Gasteiger partial charge in [-0.25, -0.2) is 0 Å². The molecule has 3 rings (SSSR count). The maximum atomic E-state index is 11.3. The standard InChI is InChI=1S/C23H20O2/c1-25-23(24)17-19-13-11-18(12-14-19)15-16-21-9-5-6-10-22(21)20-7-3-2-4-8-20/h2-16H,17H2,1H3/b16-15+. The monoisotopic (exact) mass is 328 g/mol. The van der Waals surface area contributed by atoms with Gasteiger partial charge in [0.05, 0.1) is 13.5 Å². The molecule has 0 amide bonds. The molecule has 3 aromatic carbocycles. The van der Waals surface area contributed by atoms with Crippen LogP contribution in [0.3, 0.4) is 0 Å². The van der Waals surface area contributed by atoms with Gasteiger partial charge in [-0.1, -0.05) is 91.0 Å². The van der Waals surface area contributed by atoms with Gasteiger partial charge in [0, 0.05) is 0 Å². The van der Waals surface area contributed by atoms with Crippen molar-refractivity contribution in [2.24, 2.45) is 0 Å². The van der Waals surface area contributed by atoms with Crippen LogP contribution in [0.5, 0.6) is 0 Å². The fraction of sp³-hybridized carbons (Fsp3) is 0.0870. The minimum absolute atomic E-state index is 0.222. The highest BCUT2D eigenvalue weighted by Crippen LogP contribution is 2.25. The van der Waals surface area contributed by atoms with E-state index in [1.807, 2.05) is 36.4 Å². The molecule has 0 saturated carbocycles. The molecule has 0 N–H and O–H groups in total. The van der Waals surface area contributed by atoms with Gasteiger partial charge in [0.2, 0.25) is 0 Å². The fourth-order valence-corrected chi connectivity index (χ4v) is 2.69. The molecule has 124 valence electrons. The summed E-state index contributed by atoms with van der Waals surface area (Å²) < 4.78 is 4.69. The summed E-state index contributed by atoms with van der Waals surface area (Å²) in [5, 5.41) is 0. The lowest BCUT2D eigenvalue weighted by Gasteiger charge is -2.06. The molecule has 0 aliphatic heterocycles. The molecule has 3 aromatic rings. The van der Waals surface area contributed by atoms with Crippen LogP contribution in [0.1, 0.15) is 16.7 Å². The SMILES string of the molecule is COC(=O)Cc1ccc(/C=C/c2ccccc2-c2ccccc2)cc1. The third-order valence-corrected chi connectivity index (χ3v) is 4.06. The van der Waals surface area contributed by atoms with Crippen LogP contribution in [-0.4, -0.2) is 13.1 Å². The molecule has 0 heterocycles. The maximum Gasteiger partial charge on any atom is 0.309 e. The van der Waals surface area contributed by atoms with Crippen molar-refractivity contribution in [2.75, 3.05) is 7.11 Å². The molecule has 0 atom stereocenters. The summed E-state index contributed by atoms with van der Waals surface area (Å²) in [5.74, 6) is -0.222. The highest BCUT2D eigenvalue weighted by atomic mass is 16.5. The average Bonchev–Trinajstić information content (AvgIpc) is 2.68. The van der Waals surface area contributed by atoms with Gasteiger partial charge in [0.1, 0.15) is 0 Å². The number of hydrogen-bond donors (Lipinski definition) is 0. The normalized spacial score (nSPS) is 10.8. The zero-order valence-electron chi connectivity index (χ0n) is 14.2. The van der Waals surface area contributed by atoms with Crippen LogP contribution in [0.25, 0.3) is 23.3 Å². The zero-order valence-corrected chi connectivity index (χ0v) is 14.2. The molecule has 2 heteroatoms. The molecule has 0 radical (unpaired) electrons. The molecule has 25 heavy (non-hydrogen) atoms. The number of benzene rings is 3. The molecule has 0 aromatic heterocycles. The Hall–Kier alpha value is -3.13. The van der Waals surface area contributed by atoms with Gasteiger partial charge < -0.3 is 4.74 Å². The van der Waals surface area contributed by atoms with Crippen molar-refractivity contribution in [2.45, 2.75) is 6.42 Å². The van der Waals surface area contributed by atoms with Crippen molar-refractivity contribution in [3.05, 3.63) is 95.6 Å². The van der Waals surface area contributed by atoms with E-state index in [2.05, 4.69) is 54.6 Å². The number of esters is 1. The Morgan fingerprint density at radius 2 is 1.52 bits per heavy atom. The molecule has 0 saturated heterocycles. The minimum Gasteiger partial charge on any atom is -0.469 e. The average molecular weight is 328 g/mol. The van der Waals surface area contributed by atoms with Crippen LogP contribution in [-0.2, 0) is 16.0 Å². The zero-order chi connectivity index (χ0) is 17.5. The Labute approximate surface area is 148 Å². The van der Waals surface area contributed by atoms with Crippen molar-refractivity contribution in [1.29, 1.82) is 0 Å². The van der Waals surface area contributed by atoms with E-state index in [-0.39, 0.29) is 5.97 Å². The lowest BCUT2D eigenvalue weighted by atomic mass is 9.99. The number of hydrogen-bond acceptors (Lipinski definition) is 2. The van der Waals surface area contributed by atoms with Crippen LogP contribution in [0.15, 0.2) is 78.9 Å². The van der Waals surface area contributed by atoms with E-state index in [9.17, 15) is 4.79 Å². The van der Waals surface area contributed by atoms with Gasteiger partial charge in [-0.2, -0.15) is 0 Å². The van der Waals surface area contributed by atoms with Crippen LogP contribution >= 0.6 is 0 Å². The first kappa shape index (κ1) is 16.7. The van der Waals surface area contributed by atoms with Crippen LogP contribution in [0.2, 0.25) is 0 Å². The smallest absolute Gasteiger partial charge is 0.309 e. The summed E-state index contributed by atoms with van der Waals surface area (Å²) in [4.78, 5) is 11.3. The summed E-state index contributed by atoms with van der Waals surface area (Å²) >= 11 is 0. The topological polar surface area (TPSA) is 26.3 Å². The van der Waals surface area contributed by atoms with Crippen molar-refractivity contribution < 1.29 is 9.53 Å². The molecular formula is C23H20O2. The van der Waals surface area contributed by atoms with Gasteiger partial charge in [0.15, 0.2) is 0 Å². The second-order valence-corrected chi connectivity index (χ2v) is 5.78. The van der Waals surface area contributed by atoms with Crippen LogP contribution in [0, 0.1) is 0 Å². The summed E-state index contributed by atoms with van der Waals surface area (Å²) in [5.41, 5.74) is 5.63. The summed E-state index contributed by atoms with van der Waals surface area (Å²) in [6.45, 7) is 0. The van der Waals surface area contributed by atoms with Crippen molar-refractivity contribution in [1.82, 2.24) is 0 Å². The molecule has 2 nitrogen and oxygen atoms in total. The molecule has 0 aliphatic carbocycles. The number of carbonyl (C=O) groups excluding carboxylic acids is 1. The lowest BCUT2D eigenvalue weighted by Crippen LogP contribution is -2.03. The van der Waals surface area contributed by atoms with E-state index in [0.29, 0.717) is 6.42 Å². The predicted molar refractivity (Wildman–Crippen MR) is 103 cm³/mol. The third-order valence-electron chi connectivity index (χ3n) is 4.06. The molecule has 0 aliphatic rings. The van der Waals surface area contributed by atoms with Crippen molar-refractivity contribution in [3.63, 3.8) is 0 Å². The van der Waals surface area contributed by atoms with E-state index >= 15 is 0 Å². The molecule has 0 bridgehead atoms. The van der Waals surface area contributed by atoms with E-state index in [4.69, 9.17) is 4.74 Å². The van der Waals surface area contributed by atoms with E-state index in [0.717, 1.165) is 11.1 Å². The first-order chi connectivity index (χ1) is 12.3. The number of ether oxygens (including phenoxy) is 1. The minimum atomic E-state index is -0.222. The Balaban J connectivity index is 1.80. The van der Waals surface area contributed by atoms with Gasteiger partial charge in [0.25, 0.3) is 0 Å². The Morgan fingerprint density at radius 3 is 2.24 bits per heavy atom. The van der Waals surface area contributed by atoms with Crippen LogP contribution in [0.4, 0.5) is 0 Å². The largest absolute Gasteiger partial charge is 0.469 e. The van der Waals surface area contributed by atoms with Gasteiger partial charge in [-0.15, -0.1) is 0 Å². The second kappa shape index (κ2) is 8.11. The van der Waals surface area contributed by atoms with Gasteiger partial charge in [-0.3, -0.25) is 4.79 Å². The highest BCUT2D eigenvalue weighted by Gasteiger charge is 2.03. The van der Waals surface area contributed by atoms with Crippen molar-refractivity contribution in [3.8, 4) is 11.1 Å². The van der Waals surface area contributed by atoms with Crippen LogP contribution < -0.4 is 0 Å². The lowest BCUT2D eigenvalue weighted by molar-refractivity contribution is -0.139. The van der Waals surface area contributed by atoms with Crippen molar-refractivity contribution >= 4 is 18.1 Å². The third kappa shape index (κ3) is 4.45. The van der Waals surface area contributed by atoms with Gasteiger partial charge in [-0.05, 0) is 27.8 Å². The maximum absolute atomic E-state index is 11.3. The first-order valence-corrected chi connectivity index (χ1v) is 8.24. The fourth-order valence-electron chi connectivity index (χ4n) is 2.69. The van der Waals surface area contributed by atoms with Gasteiger partial charge >= 0.3 is 5.97 Å². The number of rotatable bonds is 5. The Morgan fingerprint density at radius 1 is 0.840 bits per heavy atom. The molecule has 0 fully saturated rings. The summed E-state index contributed by atoms with van der Waals surface area (Å²) in [6, 6.07) is 26.7. The second-order valence-electron chi connectivity index (χ2n) is 5.78. The molecule has 0 spiro atoms. The highest BCUT2D eigenvalue weighted by molar-refractivity contribution is 5.81. The number of carbonyl (C=O) groups is 1. The quantitative estimate of drug-likeness (QED) is 0.473. The Kier molecular flexibility index (Phi) is 5.43. The van der Waals surface area contributed by atoms with E-state index in [1.165, 1.54) is 23.8 Å². The number of methoxy groups -OCH3 is 1. The first-order valence-electron chi connectivity index (χ1n) is 8.24. The summed E-state index contributed by atoms with van der Waals surface area (Å²) in [6.07, 6.45) is 4.51.